The van der Waals surface area contributed by atoms with Crippen molar-refractivity contribution in [2.75, 3.05) is 0 Å². The van der Waals surface area contributed by atoms with Crippen molar-refractivity contribution in [1.29, 1.82) is 0 Å². The topological polar surface area (TPSA) is 89.8 Å². The van der Waals surface area contributed by atoms with Gasteiger partial charge >= 0.3 is 5.97 Å². The summed E-state index contributed by atoms with van der Waals surface area (Å²) in [4.78, 5) is 10.4. The molecule has 1 aliphatic rings. The molecule has 5 heteroatoms. The number of hydrogen-bond donors (Lipinski definition) is 4. The van der Waals surface area contributed by atoms with Crippen LogP contribution in [0.1, 0.15) is 6.92 Å². The van der Waals surface area contributed by atoms with E-state index in [4.69, 9.17) is 15.3 Å². The van der Waals surface area contributed by atoms with Crippen LogP contribution in [-0.2, 0) is 4.79 Å². The highest BCUT2D eigenvalue weighted by molar-refractivity contribution is 5.75. The summed E-state index contributed by atoms with van der Waals surface area (Å²) in [5.41, 5.74) is 0. The predicted molar refractivity (Wildman–Crippen MR) is 36.0 cm³/mol. The number of carboxylic acids is 1. The summed E-state index contributed by atoms with van der Waals surface area (Å²) in [6.45, 7) is 1.62. The van der Waals surface area contributed by atoms with E-state index < -0.39 is 24.2 Å². The van der Waals surface area contributed by atoms with Crippen LogP contribution in [0.25, 0.3) is 0 Å². The van der Waals surface area contributed by atoms with Crippen molar-refractivity contribution in [1.82, 2.24) is 5.32 Å². The van der Waals surface area contributed by atoms with Gasteiger partial charge in [0, 0.05) is 6.04 Å². The Hall–Kier alpha value is -0.650. The number of hydrogen-bond acceptors (Lipinski definition) is 4. The summed E-state index contributed by atoms with van der Waals surface area (Å²) in [5.74, 6) is -1.14. The number of nitrogens with one attached hydrogen (secondary N) is 1. The second-order valence-electron chi connectivity index (χ2n) is 2.75. The molecule has 4 N–H and O–H groups in total. The molecule has 1 saturated heterocycles. The number of carbonyl (C=O) groups is 1. The van der Waals surface area contributed by atoms with Crippen molar-refractivity contribution in [3.05, 3.63) is 0 Å². The molecule has 0 amide bonds. The van der Waals surface area contributed by atoms with E-state index >= 15 is 0 Å². The van der Waals surface area contributed by atoms with Gasteiger partial charge in [-0.1, -0.05) is 0 Å². The zero-order valence-electron chi connectivity index (χ0n) is 6.06. The van der Waals surface area contributed by atoms with E-state index in [1.54, 1.807) is 6.92 Å². The van der Waals surface area contributed by atoms with Crippen molar-refractivity contribution in [3.63, 3.8) is 0 Å². The van der Waals surface area contributed by atoms with Crippen LogP contribution in [0.15, 0.2) is 0 Å². The first-order valence-electron chi connectivity index (χ1n) is 3.39. The third-order valence-corrected chi connectivity index (χ3v) is 1.91. The normalized spacial score (nSPS) is 44.3. The largest absolute Gasteiger partial charge is 0.480 e. The van der Waals surface area contributed by atoms with Gasteiger partial charge in [0.2, 0.25) is 0 Å². The average molecular weight is 161 g/mol. The summed E-state index contributed by atoms with van der Waals surface area (Å²) in [5, 5.41) is 29.3. The molecule has 0 radical (unpaired) electrons. The lowest BCUT2D eigenvalue weighted by Gasteiger charge is -2.10. The first kappa shape index (κ1) is 8.45. The van der Waals surface area contributed by atoms with Crippen molar-refractivity contribution >= 4 is 5.97 Å². The zero-order chi connectivity index (χ0) is 8.59. The van der Waals surface area contributed by atoms with E-state index in [2.05, 4.69) is 5.32 Å². The van der Waals surface area contributed by atoms with Gasteiger partial charge in [-0.05, 0) is 6.92 Å². The Kier molecular flexibility index (Phi) is 2.12. The van der Waals surface area contributed by atoms with E-state index in [9.17, 15) is 4.79 Å². The van der Waals surface area contributed by atoms with E-state index in [0.717, 1.165) is 0 Å². The quantitative estimate of drug-likeness (QED) is 0.362. The number of rotatable bonds is 1. The number of aliphatic hydroxyl groups is 2. The maximum absolute atomic E-state index is 10.4. The molecule has 0 aliphatic carbocycles. The van der Waals surface area contributed by atoms with Crippen molar-refractivity contribution < 1.29 is 20.1 Å². The van der Waals surface area contributed by atoms with Crippen molar-refractivity contribution in [2.24, 2.45) is 0 Å². The summed E-state index contributed by atoms with van der Waals surface area (Å²) < 4.78 is 0. The minimum absolute atomic E-state index is 0.369. The van der Waals surface area contributed by atoms with E-state index in [1.165, 1.54) is 0 Å². The van der Waals surface area contributed by atoms with E-state index in [0.29, 0.717) is 0 Å². The fourth-order valence-corrected chi connectivity index (χ4v) is 1.19. The molecule has 4 atom stereocenters. The molecule has 11 heavy (non-hydrogen) atoms. The minimum Gasteiger partial charge on any atom is -0.480 e. The Morgan fingerprint density at radius 2 is 1.91 bits per heavy atom. The highest BCUT2D eigenvalue weighted by atomic mass is 16.4. The molecule has 64 valence electrons. The Morgan fingerprint density at radius 1 is 1.36 bits per heavy atom. The number of aliphatic carboxylic acids is 1. The number of aliphatic hydroxyl groups excluding tert-OH is 2. The van der Waals surface area contributed by atoms with Gasteiger partial charge < -0.3 is 15.3 Å². The molecule has 0 unspecified atom stereocenters. The van der Waals surface area contributed by atoms with Crippen LogP contribution in [0.2, 0.25) is 0 Å². The van der Waals surface area contributed by atoms with Crippen LogP contribution < -0.4 is 5.32 Å². The lowest BCUT2D eigenvalue weighted by atomic mass is 10.1. The summed E-state index contributed by atoms with van der Waals surface area (Å²) in [6.07, 6.45) is -2.20. The Bertz CT molecular complexity index is 172. The van der Waals surface area contributed by atoms with Gasteiger partial charge in [0.25, 0.3) is 0 Å². The van der Waals surface area contributed by atoms with Crippen LogP contribution in [0.5, 0.6) is 0 Å². The molecular weight excluding hydrogens is 150 g/mol. The summed E-state index contributed by atoms with van der Waals surface area (Å²) in [6, 6.07) is -1.41. The second-order valence-corrected chi connectivity index (χ2v) is 2.75. The van der Waals surface area contributed by atoms with E-state index in [1.807, 2.05) is 0 Å². The Labute approximate surface area is 63.7 Å². The van der Waals surface area contributed by atoms with Crippen LogP contribution in [0.4, 0.5) is 0 Å². The van der Waals surface area contributed by atoms with Crippen LogP contribution in [0.3, 0.4) is 0 Å². The molecule has 1 aliphatic heterocycles. The van der Waals surface area contributed by atoms with Crippen LogP contribution in [0, 0.1) is 0 Å². The van der Waals surface area contributed by atoms with Gasteiger partial charge in [-0.15, -0.1) is 0 Å². The maximum atomic E-state index is 10.4. The molecule has 0 aromatic heterocycles. The molecule has 0 aromatic rings. The zero-order valence-corrected chi connectivity index (χ0v) is 6.06. The maximum Gasteiger partial charge on any atom is 0.323 e. The lowest BCUT2D eigenvalue weighted by molar-refractivity contribution is -0.142. The molecule has 0 saturated carbocycles. The summed E-state index contributed by atoms with van der Waals surface area (Å²) >= 11 is 0. The standard InChI is InChI=1S/C6H11NO4/c1-2-4(8)5(9)3(7-2)6(10)11/h2-5,7-9H,1H3,(H,10,11)/t2-,3-,4+,5-/m0/s1. The molecular formula is C6H11NO4. The fraction of sp³-hybridized carbons (Fsp3) is 0.833. The van der Waals surface area contributed by atoms with Gasteiger partial charge in [-0.3, -0.25) is 10.1 Å². The fourth-order valence-electron chi connectivity index (χ4n) is 1.19. The first-order valence-corrected chi connectivity index (χ1v) is 3.39. The average Bonchev–Trinajstić information content (AvgIpc) is 2.17. The molecule has 0 aromatic carbocycles. The minimum atomic E-state index is -1.21. The highest BCUT2D eigenvalue weighted by Crippen LogP contribution is 2.13. The van der Waals surface area contributed by atoms with Crippen LogP contribution >= 0.6 is 0 Å². The molecule has 5 nitrogen and oxygen atoms in total. The van der Waals surface area contributed by atoms with E-state index in [-0.39, 0.29) is 6.04 Å². The summed E-state index contributed by atoms with van der Waals surface area (Å²) in [7, 11) is 0. The molecule has 0 bridgehead atoms. The second kappa shape index (κ2) is 2.77. The third-order valence-electron chi connectivity index (χ3n) is 1.91. The third kappa shape index (κ3) is 1.35. The monoisotopic (exact) mass is 161 g/mol. The van der Waals surface area contributed by atoms with Gasteiger partial charge in [0.05, 0.1) is 6.10 Å². The van der Waals surface area contributed by atoms with Crippen molar-refractivity contribution in [2.45, 2.75) is 31.2 Å². The molecule has 1 fully saturated rings. The molecule has 1 rings (SSSR count). The van der Waals surface area contributed by atoms with Crippen molar-refractivity contribution in [3.8, 4) is 0 Å². The SMILES string of the molecule is C[C@@H]1N[C@H](C(=O)O)[C@H](O)[C@@H]1O. The van der Waals surface area contributed by atoms with Gasteiger partial charge in [-0.25, -0.2) is 0 Å². The number of carboxylic acid groups (broad SMARTS) is 1. The van der Waals surface area contributed by atoms with Gasteiger partial charge in [0.1, 0.15) is 12.1 Å². The predicted octanol–water partition coefficient (Wildman–Crippen LogP) is -1.85. The highest BCUT2D eigenvalue weighted by Gasteiger charge is 2.42. The molecule has 1 heterocycles. The lowest BCUT2D eigenvalue weighted by Crippen LogP contribution is -2.40. The van der Waals surface area contributed by atoms with Gasteiger partial charge in [0.15, 0.2) is 0 Å². The van der Waals surface area contributed by atoms with Gasteiger partial charge in [-0.2, -0.15) is 0 Å². The first-order chi connectivity index (χ1) is 5.04. The van der Waals surface area contributed by atoms with Crippen LogP contribution in [-0.4, -0.2) is 45.6 Å². The Balaban J connectivity index is 2.67. The Morgan fingerprint density at radius 3 is 2.09 bits per heavy atom. The smallest absolute Gasteiger partial charge is 0.323 e. The molecule has 0 spiro atoms.